The Hall–Kier alpha value is -1.39. The van der Waals surface area contributed by atoms with Gasteiger partial charge in [-0.2, -0.15) is 0 Å². The average Bonchev–Trinajstić information content (AvgIpc) is 2.86. The fourth-order valence-corrected chi connectivity index (χ4v) is 2.12. The second-order valence-electron chi connectivity index (χ2n) is 4.18. The van der Waals surface area contributed by atoms with Crippen LogP contribution >= 0.6 is 11.6 Å². The molecule has 0 aliphatic rings. The smallest absolute Gasteiger partial charge is 0.142 e. The van der Waals surface area contributed by atoms with E-state index in [0.29, 0.717) is 18.7 Å². The Bertz CT molecular complexity index is 543. The summed E-state index contributed by atoms with van der Waals surface area (Å²) in [6, 6.07) is 5.33. The summed E-state index contributed by atoms with van der Waals surface area (Å²) < 4.78 is 32.6. The van der Waals surface area contributed by atoms with Crippen molar-refractivity contribution in [2.75, 3.05) is 6.54 Å². The van der Waals surface area contributed by atoms with Gasteiger partial charge in [0, 0.05) is 18.0 Å². The molecule has 0 fully saturated rings. The maximum atomic E-state index is 13.9. The van der Waals surface area contributed by atoms with Crippen LogP contribution < -0.4 is 5.32 Å². The van der Waals surface area contributed by atoms with E-state index in [1.807, 2.05) is 6.92 Å². The number of benzene rings is 1. The first-order chi connectivity index (χ1) is 9.11. The fourth-order valence-electron chi connectivity index (χ4n) is 1.97. The number of nitrogens with one attached hydrogen (secondary N) is 1. The van der Waals surface area contributed by atoms with Crippen LogP contribution in [0.1, 0.15) is 24.3 Å². The molecule has 0 saturated heterocycles. The van der Waals surface area contributed by atoms with E-state index in [1.165, 1.54) is 0 Å². The second-order valence-corrected chi connectivity index (χ2v) is 4.59. The molecule has 0 aliphatic heterocycles. The summed E-state index contributed by atoms with van der Waals surface area (Å²) in [6.07, 6.45) is 2.00. The van der Waals surface area contributed by atoms with Crippen molar-refractivity contribution < 1.29 is 13.2 Å². The fraction of sp³-hybridized carbons (Fsp3) is 0.286. The van der Waals surface area contributed by atoms with Crippen molar-refractivity contribution in [3.63, 3.8) is 0 Å². The number of rotatable bonds is 5. The van der Waals surface area contributed by atoms with E-state index < -0.39 is 11.6 Å². The van der Waals surface area contributed by atoms with Gasteiger partial charge in [0.2, 0.25) is 0 Å². The van der Waals surface area contributed by atoms with E-state index in [0.717, 1.165) is 12.1 Å². The molecule has 0 spiro atoms. The number of furan rings is 1. The minimum absolute atomic E-state index is 0.213. The van der Waals surface area contributed by atoms with E-state index >= 15 is 0 Å². The van der Waals surface area contributed by atoms with Crippen molar-refractivity contribution >= 4 is 11.6 Å². The third-order valence-electron chi connectivity index (χ3n) is 2.85. The zero-order valence-electron chi connectivity index (χ0n) is 10.4. The molecule has 1 N–H and O–H groups in total. The molecule has 0 bridgehead atoms. The van der Waals surface area contributed by atoms with Crippen LogP contribution in [0.25, 0.3) is 0 Å². The van der Waals surface area contributed by atoms with Gasteiger partial charge in [0.25, 0.3) is 0 Å². The predicted octanol–water partition coefficient (Wildman–Crippen LogP) is 4.10. The predicted molar refractivity (Wildman–Crippen MR) is 70.2 cm³/mol. The highest BCUT2D eigenvalue weighted by atomic mass is 35.5. The summed E-state index contributed by atoms with van der Waals surface area (Å²) in [5.41, 5.74) is 0.250. The van der Waals surface area contributed by atoms with E-state index in [9.17, 15) is 8.78 Å². The van der Waals surface area contributed by atoms with Gasteiger partial charge in [-0.3, -0.25) is 0 Å². The molecule has 2 nitrogen and oxygen atoms in total. The second kappa shape index (κ2) is 6.17. The lowest BCUT2D eigenvalue weighted by atomic mass is 10.0. The maximum Gasteiger partial charge on any atom is 0.142 e. The molecule has 102 valence electrons. The maximum absolute atomic E-state index is 13.9. The number of hydrogen-bond acceptors (Lipinski definition) is 2. The highest BCUT2D eigenvalue weighted by Crippen LogP contribution is 2.26. The number of likely N-dealkylation sites (N-methyl/N-ethyl adjacent to an activating group) is 1. The lowest BCUT2D eigenvalue weighted by molar-refractivity contribution is 0.442. The largest absolute Gasteiger partial charge is 0.469 e. The first-order valence-corrected chi connectivity index (χ1v) is 6.39. The van der Waals surface area contributed by atoms with Crippen LogP contribution in [0.2, 0.25) is 5.02 Å². The molecule has 0 saturated carbocycles. The summed E-state index contributed by atoms with van der Waals surface area (Å²) in [5.74, 6) is -0.440. The Morgan fingerprint density at radius 3 is 2.74 bits per heavy atom. The van der Waals surface area contributed by atoms with Crippen LogP contribution in [0.15, 0.2) is 34.9 Å². The van der Waals surface area contributed by atoms with Crippen molar-refractivity contribution in [3.05, 3.63) is 58.5 Å². The third-order valence-corrected chi connectivity index (χ3v) is 3.14. The summed E-state index contributed by atoms with van der Waals surface area (Å²) in [5, 5.41) is 2.90. The molecule has 5 heteroatoms. The van der Waals surface area contributed by atoms with Crippen molar-refractivity contribution in [1.29, 1.82) is 0 Å². The third kappa shape index (κ3) is 3.33. The van der Waals surface area contributed by atoms with Gasteiger partial charge < -0.3 is 9.73 Å². The highest BCUT2D eigenvalue weighted by Gasteiger charge is 2.19. The van der Waals surface area contributed by atoms with Crippen molar-refractivity contribution in [3.8, 4) is 0 Å². The van der Waals surface area contributed by atoms with Gasteiger partial charge >= 0.3 is 0 Å². The summed E-state index contributed by atoms with van der Waals surface area (Å²) in [7, 11) is 0. The summed E-state index contributed by atoms with van der Waals surface area (Å²) in [6.45, 7) is 2.54. The zero-order valence-corrected chi connectivity index (χ0v) is 11.2. The van der Waals surface area contributed by atoms with Crippen LogP contribution in [0.4, 0.5) is 8.78 Å². The first-order valence-electron chi connectivity index (χ1n) is 6.02. The normalized spacial score (nSPS) is 12.6. The minimum atomic E-state index is -0.625. The molecule has 0 radical (unpaired) electrons. The lowest BCUT2D eigenvalue weighted by Crippen LogP contribution is -2.24. The van der Waals surface area contributed by atoms with Crippen molar-refractivity contribution in [2.24, 2.45) is 0 Å². The Balaban J connectivity index is 2.30. The molecule has 0 aliphatic carbocycles. The number of halogens is 3. The Morgan fingerprint density at radius 1 is 1.32 bits per heavy atom. The van der Waals surface area contributed by atoms with E-state index in [-0.39, 0.29) is 16.6 Å². The van der Waals surface area contributed by atoms with E-state index in [1.54, 1.807) is 18.4 Å². The van der Waals surface area contributed by atoms with Crippen LogP contribution in [-0.4, -0.2) is 6.54 Å². The van der Waals surface area contributed by atoms with Crippen molar-refractivity contribution in [1.82, 2.24) is 5.32 Å². The Labute approximate surface area is 115 Å². The molecular weight excluding hydrogens is 272 g/mol. The topological polar surface area (TPSA) is 25.2 Å². The molecule has 0 amide bonds. The Morgan fingerprint density at radius 2 is 2.11 bits per heavy atom. The average molecular weight is 286 g/mol. The number of hydrogen-bond donors (Lipinski definition) is 1. The Kier molecular flexibility index (Phi) is 4.56. The molecular formula is C14H14ClF2NO. The molecule has 1 aromatic carbocycles. The molecule has 2 aromatic rings. The van der Waals surface area contributed by atoms with Crippen LogP contribution in [0, 0.1) is 11.6 Å². The standard InChI is InChI=1S/C14H14ClF2NO/c1-2-18-14(6-9-4-3-5-19-9)10-7-13(17)11(15)8-12(10)16/h3-5,7-8,14,18H,2,6H2,1H3. The SMILES string of the molecule is CCNC(Cc1ccco1)c1cc(F)c(Cl)cc1F. The van der Waals surface area contributed by atoms with Gasteiger partial charge in [-0.15, -0.1) is 0 Å². The first kappa shape index (κ1) is 14.0. The molecule has 1 atom stereocenters. The molecule has 1 heterocycles. The molecule has 19 heavy (non-hydrogen) atoms. The highest BCUT2D eigenvalue weighted by molar-refractivity contribution is 6.30. The van der Waals surface area contributed by atoms with Gasteiger partial charge in [0.15, 0.2) is 0 Å². The van der Waals surface area contributed by atoms with Gasteiger partial charge in [0.1, 0.15) is 17.4 Å². The molecule has 2 rings (SSSR count). The van der Waals surface area contributed by atoms with E-state index in [4.69, 9.17) is 16.0 Å². The summed E-state index contributed by atoms with van der Waals surface area (Å²) >= 11 is 5.56. The van der Waals surface area contributed by atoms with Crippen LogP contribution in [0.5, 0.6) is 0 Å². The van der Waals surface area contributed by atoms with Crippen molar-refractivity contribution in [2.45, 2.75) is 19.4 Å². The quantitative estimate of drug-likeness (QED) is 0.837. The van der Waals surface area contributed by atoms with Gasteiger partial charge in [-0.25, -0.2) is 8.78 Å². The van der Waals surface area contributed by atoms with Gasteiger partial charge in [-0.1, -0.05) is 18.5 Å². The van der Waals surface area contributed by atoms with E-state index in [2.05, 4.69) is 5.32 Å². The molecule has 1 aromatic heterocycles. The van der Waals surface area contributed by atoms with Gasteiger partial charge in [0.05, 0.1) is 11.3 Å². The zero-order chi connectivity index (χ0) is 13.8. The lowest BCUT2D eigenvalue weighted by Gasteiger charge is -2.18. The monoisotopic (exact) mass is 285 g/mol. The molecule has 1 unspecified atom stereocenters. The van der Waals surface area contributed by atoms with Gasteiger partial charge in [-0.05, 0) is 30.8 Å². The van der Waals surface area contributed by atoms with Crippen LogP contribution in [-0.2, 0) is 6.42 Å². The summed E-state index contributed by atoms with van der Waals surface area (Å²) in [4.78, 5) is 0. The minimum Gasteiger partial charge on any atom is -0.469 e. The van der Waals surface area contributed by atoms with Crippen LogP contribution in [0.3, 0.4) is 0 Å².